The Bertz CT molecular complexity index is 438. The molecule has 1 saturated heterocycles. The lowest BCUT2D eigenvalue weighted by molar-refractivity contribution is 0.222. The van der Waals surface area contributed by atoms with E-state index in [2.05, 4.69) is 26.8 Å². The largest absolute Gasteiger partial charge is 0.461 e. The maximum Gasteiger partial charge on any atom is 0.323 e. The van der Waals surface area contributed by atoms with Crippen molar-refractivity contribution in [2.45, 2.75) is 52.6 Å². The van der Waals surface area contributed by atoms with Crippen LogP contribution in [0.1, 0.15) is 46.5 Å². The van der Waals surface area contributed by atoms with Crippen molar-refractivity contribution in [1.29, 1.82) is 0 Å². The second kappa shape index (κ2) is 6.72. The van der Waals surface area contributed by atoms with Crippen LogP contribution in [0.5, 0.6) is 6.01 Å². The molecule has 0 spiro atoms. The zero-order chi connectivity index (χ0) is 14.5. The summed E-state index contributed by atoms with van der Waals surface area (Å²) in [6.45, 7) is 8.09. The molecule has 1 atom stereocenters. The summed E-state index contributed by atoms with van der Waals surface area (Å²) in [6, 6.07) is 0.318. The summed E-state index contributed by atoms with van der Waals surface area (Å²) in [5.41, 5.74) is 5.77. The lowest BCUT2D eigenvalue weighted by Gasteiger charge is -2.21. The third-order valence-corrected chi connectivity index (χ3v) is 3.67. The van der Waals surface area contributed by atoms with Crippen LogP contribution in [0.2, 0.25) is 0 Å². The van der Waals surface area contributed by atoms with Gasteiger partial charge in [-0.15, -0.1) is 0 Å². The van der Waals surface area contributed by atoms with Crippen molar-refractivity contribution in [3.8, 4) is 6.01 Å². The quantitative estimate of drug-likeness (QED) is 0.911. The van der Waals surface area contributed by atoms with Crippen LogP contribution >= 0.6 is 0 Å². The van der Waals surface area contributed by atoms with E-state index in [4.69, 9.17) is 10.5 Å². The van der Waals surface area contributed by atoms with Crippen molar-refractivity contribution < 1.29 is 4.74 Å². The molecule has 0 saturated carbocycles. The summed E-state index contributed by atoms with van der Waals surface area (Å²) >= 11 is 0. The Kier molecular flexibility index (Phi) is 4.98. The standard InChI is InChI=1S/C14H25N5O/c1-4-11-6-5-8-19(9-7-11)13-16-12(15)17-14(18-13)20-10(2)3/h10-11H,4-9H2,1-3H3,(H2,15,16,17,18). The van der Waals surface area contributed by atoms with Crippen LogP contribution in [0.3, 0.4) is 0 Å². The van der Waals surface area contributed by atoms with Gasteiger partial charge in [-0.1, -0.05) is 13.3 Å². The number of hydrogen-bond donors (Lipinski definition) is 1. The zero-order valence-corrected chi connectivity index (χ0v) is 12.7. The van der Waals surface area contributed by atoms with E-state index in [0.29, 0.717) is 12.0 Å². The van der Waals surface area contributed by atoms with Crippen LogP contribution in [-0.4, -0.2) is 34.1 Å². The predicted molar refractivity (Wildman–Crippen MR) is 79.8 cm³/mol. The summed E-state index contributed by atoms with van der Waals surface area (Å²) in [7, 11) is 0. The first-order valence-electron chi connectivity index (χ1n) is 7.51. The van der Waals surface area contributed by atoms with Gasteiger partial charge < -0.3 is 15.4 Å². The van der Waals surface area contributed by atoms with Gasteiger partial charge in [-0.2, -0.15) is 15.0 Å². The Morgan fingerprint density at radius 3 is 2.75 bits per heavy atom. The van der Waals surface area contributed by atoms with E-state index in [1.807, 2.05) is 13.8 Å². The maximum absolute atomic E-state index is 5.77. The highest BCUT2D eigenvalue weighted by Gasteiger charge is 2.19. The molecule has 6 heteroatoms. The number of nitrogens with two attached hydrogens (primary N) is 1. The summed E-state index contributed by atoms with van der Waals surface area (Å²) in [4.78, 5) is 14.9. The molecule has 1 aliphatic heterocycles. The Hall–Kier alpha value is -1.59. The maximum atomic E-state index is 5.77. The molecule has 2 rings (SSSR count). The number of aromatic nitrogens is 3. The van der Waals surface area contributed by atoms with E-state index >= 15 is 0 Å². The molecule has 112 valence electrons. The average Bonchev–Trinajstić information content (AvgIpc) is 2.62. The molecule has 2 N–H and O–H groups in total. The second-order valence-electron chi connectivity index (χ2n) is 5.64. The molecule has 1 fully saturated rings. The summed E-state index contributed by atoms with van der Waals surface area (Å²) in [6.07, 6.45) is 4.91. The van der Waals surface area contributed by atoms with Gasteiger partial charge in [0.15, 0.2) is 0 Å². The van der Waals surface area contributed by atoms with Gasteiger partial charge in [0, 0.05) is 13.1 Å². The van der Waals surface area contributed by atoms with Gasteiger partial charge in [0.25, 0.3) is 0 Å². The normalized spacial score (nSPS) is 20.0. The van der Waals surface area contributed by atoms with Crippen molar-refractivity contribution in [3.05, 3.63) is 0 Å². The van der Waals surface area contributed by atoms with Crippen LogP contribution in [0.4, 0.5) is 11.9 Å². The number of ether oxygens (including phenoxy) is 1. The number of anilines is 2. The lowest BCUT2D eigenvalue weighted by Crippen LogP contribution is -2.27. The number of nitrogens with zero attached hydrogens (tertiary/aromatic N) is 4. The highest BCUT2D eigenvalue weighted by atomic mass is 16.5. The molecule has 0 bridgehead atoms. The van der Waals surface area contributed by atoms with Gasteiger partial charge in [0.1, 0.15) is 0 Å². The predicted octanol–water partition coefficient (Wildman–Crippen LogP) is 2.26. The van der Waals surface area contributed by atoms with E-state index in [9.17, 15) is 0 Å². The molecule has 0 aromatic carbocycles. The number of rotatable bonds is 4. The average molecular weight is 279 g/mol. The first-order valence-corrected chi connectivity index (χ1v) is 7.51. The monoisotopic (exact) mass is 279 g/mol. The fraction of sp³-hybridized carbons (Fsp3) is 0.786. The molecule has 1 aliphatic rings. The number of nitrogen functional groups attached to an aromatic ring is 1. The van der Waals surface area contributed by atoms with Crippen molar-refractivity contribution in [2.24, 2.45) is 5.92 Å². The third kappa shape index (κ3) is 3.95. The molecule has 1 unspecified atom stereocenters. The molecule has 2 heterocycles. The second-order valence-corrected chi connectivity index (χ2v) is 5.64. The number of hydrogen-bond acceptors (Lipinski definition) is 6. The first kappa shape index (κ1) is 14.8. The Morgan fingerprint density at radius 2 is 2.05 bits per heavy atom. The molecule has 1 aromatic rings. The Morgan fingerprint density at radius 1 is 1.25 bits per heavy atom. The Balaban J connectivity index is 2.12. The van der Waals surface area contributed by atoms with Crippen LogP contribution in [0.15, 0.2) is 0 Å². The summed E-state index contributed by atoms with van der Waals surface area (Å²) in [5, 5.41) is 0. The minimum atomic E-state index is 0.0262. The van der Waals surface area contributed by atoms with Crippen LogP contribution in [0, 0.1) is 5.92 Å². The Labute approximate surface area is 120 Å². The van der Waals surface area contributed by atoms with E-state index in [1.54, 1.807) is 0 Å². The molecule has 20 heavy (non-hydrogen) atoms. The molecule has 6 nitrogen and oxygen atoms in total. The third-order valence-electron chi connectivity index (χ3n) is 3.67. The SMILES string of the molecule is CCC1CCCN(c2nc(N)nc(OC(C)C)n2)CC1. The minimum absolute atomic E-state index is 0.0262. The van der Waals surface area contributed by atoms with Crippen LogP contribution in [-0.2, 0) is 0 Å². The first-order chi connectivity index (χ1) is 9.58. The molecule has 1 aromatic heterocycles. The molecule has 0 amide bonds. The van der Waals surface area contributed by atoms with Crippen molar-refractivity contribution >= 4 is 11.9 Å². The summed E-state index contributed by atoms with van der Waals surface area (Å²) < 4.78 is 5.53. The van der Waals surface area contributed by atoms with Gasteiger partial charge in [0.05, 0.1) is 6.10 Å². The summed E-state index contributed by atoms with van der Waals surface area (Å²) in [5.74, 6) is 1.68. The van der Waals surface area contributed by atoms with Crippen molar-refractivity contribution in [2.75, 3.05) is 23.7 Å². The van der Waals surface area contributed by atoms with Gasteiger partial charge in [-0.3, -0.25) is 0 Å². The fourth-order valence-electron chi connectivity index (χ4n) is 2.54. The highest BCUT2D eigenvalue weighted by Crippen LogP contribution is 2.23. The fourth-order valence-corrected chi connectivity index (χ4v) is 2.54. The zero-order valence-electron chi connectivity index (χ0n) is 12.7. The van der Waals surface area contributed by atoms with Crippen molar-refractivity contribution in [3.63, 3.8) is 0 Å². The molecule has 0 aliphatic carbocycles. The minimum Gasteiger partial charge on any atom is -0.461 e. The molecular formula is C14H25N5O. The van der Waals surface area contributed by atoms with Crippen molar-refractivity contribution in [1.82, 2.24) is 15.0 Å². The van der Waals surface area contributed by atoms with E-state index in [0.717, 1.165) is 19.0 Å². The van der Waals surface area contributed by atoms with Gasteiger partial charge in [-0.25, -0.2) is 0 Å². The topological polar surface area (TPSA) is 77.2 Å². The smallest absolute Gasteiger partial charge is 0.323 e. The molecular weight excluding hydrogens is 254 g/mol. The van der Waals surface area contributed by atoms with Gasteiger partial charge in [-0.05, 0) is 39.0 Å². The highest BCUT2D eigenvalue weighted by molar-refractivity contribution is 5.36. The van der Waals surface area contributed by atoms with Crippen LogP contribution < -0.4 is 15.4 Å². The van der Waals surface area contributed by atoms with Crippen LogP contribution in [0.25, 0.3) is 0 Å². The van der Waals surface area contributed by atoms with E-state index in [-0.39, 0.29) is 12.1 Å². The lowest BCUT2D eigenvalue weighted by atomic mass is 9.98. The van der Waals surface area contributed by atoms with E-state index in [1.165, 1.54) is 25.7 Å². The van der Waals surface area contributed by atoms with E-state index < -0.39 is 0 Å². The van der Waals surface area contributed by atoms with Gasteiger partial charge >= 0.3 is 6.01 Å². The molecule has 0 radical (unpaired) electrons. The van der Waals surface area contributed by atoms with Gasteiger partial charge in [0.2, 0.25) is 11.9 Å².